The molecular weight excluding hydrogens is 326 g/mol. The molecule has 1 aromatic heterocycles. The molecule has 1 amide bonds. The molecule has 1 fully saturated rings. The van der Waals surface area contributed by atoms with E-state index in [1.807, 2.05) is 38.1 Å². The molecule has 2 heterocycles. The molecule has 0 bridgehead atoms. The average Bonchev–Trinajstić information content (AvgIpc) is 2.53. The number of carbonyl (C=O) groups excluding carboxylic acids is 1. The van der Waals surface area contributed by atoms with Crippen LogP contribution >= 0.6 is 0 Å². The summed E-state index contributed by atoms with van der Waals surface area (Å²) in [5.74, 6) is -0.0655. The molecule has 128 valence electrons. The first-order chi connectivity index (χ1) is 11.3. The highest BCUT2D eigenvalue weighted by atomic mass is 32.2. The van der Waals surface area contributed by atoms with E-state index >= 15 is 0 Å². The smallest absolute Gasteiger partial charge is 0.254 e. The molecule has 7 heteroatoms. The van der Waals surface area contributed by atoms with E-state index in [-0.39, 0.29) is 5.91 Å². The standard InChI is InChI=1S/C17H21N3O3S/c1-12-4-5-16-14(10-12)15(11-13(2)18-16)17(21)19-6-8-20(9-7-19)24(3,22)23/h4-5,10-11H,6-9H2,1-3H3. The molecule has 0 atom stereocenters. The van der Waals surface area contributed by atoms with Crippen molar-refractivity contribution in [2.24, 2.45) is 0 Å². The van der Waals surface area contributed by atoms with Gasteiger partial charge in [-0.05, 0) is 32.0 Å². The van der Waals surface area contributed by atoms with Gasteiger partial charge in [-0.1, -0.05) is 11.6 Å². The summed E-state index contributed by atoms with van der Waals surface area (Å²) in [7, 11) is -3.20. The summed E-state index contributed by atoms with van der Waals surface area (Å²) in [6.45, 7) is 5.34. The van der Waals surface area contributed by atoms with Crippen LogP contribution in [0.5, 0.6) is 0 Å². The molecule has 2 aromatic rings. The predicted molar refractivity (Wildman–Crippen MR) is 93.5 cm³/mol. The lowest BCUT2D eigenvalue weighted by atomic mass is 10.0. The molecule has 0 N–H and O–H groups in total. The zero-order valence-electron chi connectivity index (χ0n) is 14.1. The summed E-state index contributed by atoms with van der Waals surface area (Å²) < 4.78 is 24.6. The van der Waals surface area contributed by atoms with Crippen LogP contribution in [0.4, 0.5) is 0 Å². The van der Waals surface area contributed by atoms with Crippen LogP contribution in [0.25, 0.3) is 10.9 Å². The van der Waals surface area contributed by atoms with Crippen LogP contribution in [-0.2, 0) is 10.0 Å². The van der Waals surface area contributed by atoms with Gasteiger partial charge < -0.3 is 4.90 Å². The molecular formula is C17H21N3O3S. The van der Waals surface area contributed by atoms with Crippen LogP contribution in [0.2, 0.25) is 0 Å². The van der Waals surface area contributed by atoms with Crippen molar-refractivity contribution in [3.05, 3.63) is 41.1 Å². The van der Waals surface area contributed by atoms with E-state index < -0.39 is 10.0 Å². The van der Waals surface area contributed by atoms with E-state index in [0.29, 0.717) is 31.7 Å². The number of aromatic nitrogens is 1. The third kappa shape index (κ3) is 3.27. The Labute approximate surface area is 142 Å². The molecule has 3 rings (SSSR count). The second-order valence-electron chi connectivity index (χ2n) is 6.29. The van der Waals surface area contributed by atoms with Crippen LogP contribution in [-0.4, -0.2) is 60.9 Å². The maximum absolute atomic E-state index is 13.0. The van der Waals surface area contributed by atoms with Crippen molar-refractivity contribution in [3.63, 3.8) is 0 Å². The van der Waals surface area contributed by atoms with Gasteiger partial charge in [0.15, 0.2) is 0 Å². The summed E-state index contributed by atoms with van der Waals surface area (Å²) in [5.41, 5.74) is 3.31. The first-order valence-electron chi connectivity index (χ1n) is 7.88. The van der Waals surface area contributed by atoms with Gasteiger partial charge in [-0.3, -0.25) is 9.78 Å². The number of sulfonamides is 1. The van der Waals surface area contributed by atoms with Crippen LogP contribution in [0.1, 0.15) is 21.6 Å². The fourth-order valence-corrected chi connectivity index (χ4v) is 3.87. The van der Waals surface area contributed by atoms with Crippen molar-refractivity contribution < 1.29 is 13.2 Å². The highest BCUT2D eigenvalue weighted by Crippen LogP contribution is 2.22. The number of hydrogen-bond acceptors (Lipinski definition) is 4. The van der Waals surface area contributed by atoms with Gasteiger partial charge in [-0.25, -0.2) is 8.42 Å². The van der Waals surface area contributed by atoms with Crippen molar-refractivity contribution in [1.29, 1.82) is 0 Å². The summed E-state index contributed by atoms with van der Waals surface area (Å²) >= 11 is 0. The number of amides is 1. The summed E-state index contributed by atoms with van der Waals surface area (Å²) in [5, 5.41) is 0.844. The Morgan fingerprint density at radius 2 is 1.75 bits per heavy atom. The minimum absolute atomic E-state index is 0.0655. The maximum atomic E-state index is 13.0. The number of fused-ring (bicyclic) bond motifs is 1. The second kappa shape index (κ2) is 6.14. The van der Waals surface area contributed by atoms with E-state index in [0.717, 1.165) is 22.2 Å². The topological polar surface area (TPSA) is 70.6 Å². The van der Waals surface area contributed by atoms with Crippen LogP contribution in [0.3, 0.4) is 0 Å². The molecule has 1 aromatic carbocycles. The predicted octanol–water partition coefficient (Wildman–Crippen LogP) is 1.57. The van der Waals surface area contributed by atoms with E-state index in [2.05, 4.69) is 4.98 Å². The highest BCUT2D eigenvalue weighted by molar-refractivity contribution is 7.88. The monoisotopic (exact) mass is 347 g/mol. The van der Waals surface area contributed by atoms with Crippen molar-refractivity contribution in [2.45, 2.75) is 13.8 Å². The molecule has 1 aliphatic rings. The lowest BCUT2D eigenvalue weighted by molar-refractivity contribution is 0.0700. The molecule has 24 heavy (non-hydrogen) atoms. The molecule has 6 nitrogen and oxygen atoms in total. The van der Waals surface area contributed by atoms with Crippen molar-refractivity contribution in [2.75, 3.05) is 32.4 Å². The first-order valence-corrected chi connectivity index (χ1v) is 9.73. The van der Waals surface area contributed by atoms with Gasteiger partial charge in [0, 0.05) is 37.3 Å². The Balaban J connectivity index is 1.91. The van der Waals surface area contributed by atoms with E-state index in [1.54, 1.807) is 4.90 Å². The Morgan fingerprint density at radius 3 is 2.38 bits per heavy atom. The quantitative estimate of drug-likeness (QED) is 0.827. The molecule has 1 saturated heterocycles. The largest absolute Gasteiger partial charge is 0.336 e. The number of hydrogen-bond donors (Lipinski definition) is 0. The van der Waals surface area contributed by atoms with Gasteiger partial charge in [0.25, 0.3) is 5.91 Å². The molecule has 0 aliphatic carbocycles. The highest BCUT2D eigenvalue weighted by Gasteiger charge is 2.27. The fraction of sp³-hybridized carbons (Fsp3) is 0.412. The number of carbonyl (C=O) groups is 1. The SMILES string of the molecule is Cc1ccc2nc(C)cc(C(=O)N3CCN(S(C)(=O)=O)CC3)c2c1. The van der Waals surface area contributed by atoms with E-state index in [4.69, 9.17) is 0 Å². The Hall–Kier alpha value is -1.99. The minimum Gasteiger partial charge on any atom is -0.336 e. The maximum Gasteiger partial charge on any atom is 0.254 e. The number of piperazine rings is 1. The molecule has 0 radical (unpaired) electrons. The van der Waals surface area contributed by atoms with Gasteiger partial charge in [-0.15, -0.1) is 0 Å². The van der Waals surface area contributed by atoms with Gasteiger partial charge >= 0.3 is 0 Å². The van der Waals surface area contributed by atoms with Crippen LogP contribution in [0.15, 0.2) is 24.3 Å². The molecule has 0 saturated carbocycles. The van der Waals surface area contributed by atoms with Gasteiger partial charge in [0.05, 0.1) is 17.3 Å². The third-order valence-corrected chi connectivity index (χ3v) is 5.62. The number of aryl methyl sites for hydroxylation is 2. The Morgan fingerprint density at radius 1 is 1.08 bits per heavy atom. The molecule has 1 aliphatic heterocycles. The van der Waals surface area contributed by atoms with Crippen LogP contribution in [0, 0.1) is 13.8 Å². The number of benzene rings is 1. The van der Waals surface area contributed by atoms with E-state index in [9.17, 15) is 13.2 Å². The Bertz CT molecular complexity index is 901. The normalized spacial score (nSPS) is 16.5. The van der Waals surface area contributed by atoms with Crippen molar-refractivity contribution in [3.8, 4) is 0 Å². The van der Waals surface area contributed by atoms with E-state index in [1.165, 1.54) is 10.6 Å². The average molecular weight is 347 g/mol. The molecule has 0 unspecified atom stereocenters. The van der Waals surface area contributed by atoms with Gasteiger partial charge in [0.1, 0.15) is 0 Å². The number of pyridine rings is 1. The fourth-order valence-electron chi connectivity index (χ4n) is 3.04. The van der Waals surface area contributed by atoms with Crippen LogP contribution < -0.4 is 0 Å². The van der Waals surface area contributed by atoms with Crippen molar-refractivity contribution >= 4 is 26.8 Å². The minimum atomic E-state index is -3.20. The lowest BCUT2D eigenvalue weighted by Gasteiger charge is -2.33. The summed E-state index contributed by atoms with van der Waals surface area (Å²) in [6, 6.07) is 7.69. The first kappa shape index (κ1) is 16.9. The summed E-state index contributed by atoms with van der Waals surface area (Å²) in [4.78, 5) is 19.2. The van der Waals surface area contributed by atoms with Crippen molar-refractivity contribution in [1.82, 2.24) is 14.2 Å². The zero-order valence-corrected chi connectivity index (χ0v) is 14.9. The summed E-state index contributed by atoms with van der Waals surface area (Å²) in [6.07, 6.45) is 1.20. The molecule has 0 spiro atoms. The second-order valence-corrected chi connectivity index (χ2v) is 8.27. The zero-order chi connectivity index (χ0) is 17.5. The van der Waals surface area contributed by atoms with Gasteiger partial charge in [0.2, 0.25) is 10.0 Å². The lowest BCUT2D eigenvalue weighted by Crippen LogP contribution is -2.50. The number of nitrogens with zero attached hydrogens (tertiary/aromatic N) is 3. The Kier molecular flexibility index (Phi) is 4.31. The number of rotatable bonds is 2. The third-order valence-electron chi connectivity index (χ3n) is 4.32. The van der Waals surface area contributed by atoms with Gasteiger partial charge in [-0.2, -0.15) is 4.31 Å².